The molecular weight excluding hydrogens is 220 g/mol. The summed E-state index contributed by atoms with van der Waals surface area (Å²) in [6, 6.07) is 8.02. The number of phenols is 2. The van der Waals surface area contributed by atoms with Gasteiger partial charge in [0.25, 0.3) is 0 Å². The molecule has 2 aromatic rings. The van der Waals surface area contributed by atoms with Crippen molar-refractivity contribution in [1.29, 1.82) is 0 Å². The molecule has 0 saturated carbocycles. The number of aromatic carboxylic acids is 1. The van der Waals surface area contributed by atoms with E-state index in [-0.39, 0.29) is 5.56 Å². The van der Waals surface area contributed by atoms with E-state index in [1.54, 1.807) is 24.3 Å². The van der Waals surface area contributed by atoms with E-state index >= 15 is 0 Å². The standard InChI is InChI=1S/C11H8O4.C2H6/c12-9-7-4-2-1-3-6(7)5-8(10(9)13)11(14)15;1-2/h1-5,12-13H,(H,14,15);1-2H3. The Kier molecular flexibility index (Phi) is 3.93. The number of carboxylic acids is 1. The second kappa shape index (κ2) is 5.21. The largest absolute Gasteiger partial charge is 0.504 e. The quantitative estimate of drug-likeness (QED) is 0.663. The van der Waals surface area contributed by atoms with E-state index in [1.165, 1.54) is 6.07 Å². The van der Waals surface area contributed by atoms with Crippen molar-refractivity contribution in [3.8, 4) is 11.5 Å². The fraction of sp³-hybridized carbons (Fsp3) is 0.154. The van der Waals surface area contributed by atoms with Crippen LogP contribution < -0.4 is 0 Å². The van der Waals surface area contributed by atoms with Crippen molar-refractivity contribution in [3.63, 3.8) is 0 Å². The van der Waals surface area contributed by atoms with Crippen LogP contribution in [-0.4, -0.2) is 21.3 Å². The number of carboxylic acid groups (broad SMARTS) is 1. The van der Waals surface area contributed by atoms with Gasteiger partial charge in [-0.25, -0.2) is 4.79 Å². The molecule has 0 aliphatic carbocycles. The van der Waals surface area contributed by atoms with E-state index in [0.29, 0.717) is 10.8 Å². The zero-order valence-corrected chi connectivity index (χ0v) is 9.64. The Labute approximate surface area is 98.8 Å². The molecule has 4 heteroatoms. The number of benzene rings is 2. The summed E-state index contributed by atoms with van der Waals surface area (Å²) in [6.45, 7) is 4.00. The summed E-state index contributed by atoms with van der Waals surface area (Å²) in [5.41, 5.74) is -0.300. The van der Waals surface area contributed by atoms with Crippen molar-refractivity contribution >= 4 is 16.7 Å². The van der Waals surface area contributed by atoms with Gasteiger partial charge >= 0.3 is 5.97 Å². The van der Waals surface area contributed by atoms with Crippen LogP contribution in [0.2, 0.25) is 0 Å². The van der Waals surface area contributed by atoms with Crippen LogP contribution in [0.3, 0.4) is 0 Å². The Morgan fingerprint density at radius 3 is 2.24 bits per heavy atom. The van der Waals surface area contributed by atoms with Crippen LogP contribution in [0.1, 0.15) is 24.2 Å². The van der Waals surface area contributed by atoms with Gasteiger partial charge < -0.3 is 15.3 Å². The Hall–Kier alpha value is -2.23. The Bertz CT molecular complexity index is 546. The minimum atomic E-state index is -1.27. The molecule has 0 bridgehead atoms. The van der Waals surface area contributed by atoms with Gasteiger partial charge in [-0.15, -0.1) is 0 Å². The first-order chi connectivity index (χ1) is 8.11. The smallest absolute Gasteiger partial charge is 0.339 e. The Morgan fingerprint density at radius 2 is 1.65 bits per heavy atom. The highest BCUT2D eigenvalue weighted by atomic mass is 16.4. The van der Waals surface area contributed by atoms with E-state index in [0.717, 1.165) is 0 Å². The maximum absolute atomic E-state index is 10.7. The number of hydrogen-bond donors (Lipinski definition) is 3. The van der Waals surface area contributed by atoms with Gasteiger partial charge in [0.05, 0.1) is 0 Å². The van der Waals surface area contributed by atoms with E-state index < -0.39 is 17.5 Å². The van der Waals surface area contributed by atoms with Gasteiger partial charge in [0.15, 0.2) is 11.5 Å². The van der Waals surface area contributed by atoms with Gasteiger partial charge in [0, 0.05) is 5.39 Å². The molecule has 0 aromatic heterocycles. The monoisotopic (exact) mass is 234 g/mol. The highest BCUT2D eigenvalue weighted by Gasteiger charge is 2.16. The SMILES string of the molecule is CC.O=C(O)c1cc2ccccc2c(O)c1O. The van der Waals surface area contributed by atoms with E-state index in [1.807, 2.05) is 13.8 Å². The molecule has 2 aromatic carbocycles. The van der Waals surface area contributed by atoms with Crippen LogP contribution >= 0.6 is 0 Å². The van der Waals surface area contributed by atoms with Crippen LogP contribution in [0.25, 0.3) is 10.8 Å². The minimum Gasteiger partial charge on any atom is -0.504 e. The number of phenolic OH excluding ortho intramolecular Hbond substituents is 1. The number of fused-ring (bicyclic) bond motifs is 1. The molecule has 0 amide bonds. The average molecular weight is 234 g/mol. The summed E-state index contributed by atoms with van der Waals surface area (Å²) in [6.07, 6.45) is 0. The number of hydrogen-bond acceptors (Lipinski definition) is 3. The third-order valence-corrected chi connectivity index (χ3v) is 2.23. The van der Waals surface area contributed by atoms with Crippen molar-refractivity contribution < 1.29 is 20.1 Å². The number of aromatic hydroxyl groups is 2. The van der Waals surface area contributed by atoms with E-state index in [4.69, 9.17) is 5.11 Å². The van der Waals surface area contributed by atoms with Crippen LogP contribution in [-0.2, 0) is 0 Å². The van der Waals surface area contributed by atoms with E-state index in [2.05, 4.69) is 0 Å². The molecule has 0 spiro atoms. The van der Waals surface area contributed by atoms with Crippen molar-refractivity contribution in [2.75, 3.05) is 0 Å². The van der Waals surface area contributed by atoms with Gasteiger partial charge in [-0.2, -0.15) is 0 Å². The zero-order valence-electron chi connectivity index (χ0n) is 9.64. The lowest BCUT2D eigenvalue weighted by molar-refractivity contribution is 0.0693. The summed E-state index contributed by atoms with van der Waals surface area (Å²) >= 11 is 0. The molecule has 4 nitrogen and oxygen atoms in total. The third kappa shape index (κ3) is 2.30. The molecule has 0 fully saturated rings. The summed E-state index contributed by atoms with van der Waals surface area (Å²) in [4.78, 5) is 10.7. The van der Waals surface area contributed by atoms with Gasteiger partial charge in [-0.05, 0) is 11.5 Å². The van der Waals surface area contributed by atoms with Gasteiger partial charge in [-0.1, -0.05) is 38.1 Å². The molecule has 0 atom stereocenters. The Morgan fingerprint density at radius 1 is 1.06 bits per heavy atom. The molecule has 90 valence electrons. The lowest BCUT2D eigenvalue weighted by Gasteiger charge is -2.06. The second-order valence-corrected chi connectivity index (χ2v) is 3.15. The summed E-state index contributed by atoms with van der Waals surface area (Å²) in [5, 5.41) is 28.8. The topological polar surface area (TPSA) is 77.8 Å². The highest BCUT2D eigenvalue weighted by Crippen LogP contribution is 2.36. The van der Waals surface area contributed by atoms with Crippen molar-refractivity contribution in [2.24, 2.45) is 0 Å². The van der Waals surface area contributed by atoms with Crippen LogP contribution in [0, 0.1) is 0 Å². The first-order valence-corrected chi connectivity index (χ1v) is 5.28. The maximum Gasteiger partial charge on any atom is 0.339 e. The minimum absolute atomic E-state index is 0.300. The van der Waals surface area contributed by atoms with E-state index in [9.17, 15) is 15.0 Å². The molecule has 2 rings (SSSR count). The second-order valence-electron chi connectivity index (χ2n) is 3.15. The third-order valence-electron chi connectivity index (χ3n) is 2.23. The van der Waals surface area contributed by atoms with Crippen LogP contribution in [0.5, 0.6) is 11.5 Å². The summed E-state index contributed by atoms with van der Waals surface area (Å²) < 4.78 is 0. The lowest BCUT2D eigenvalue weighted by Crippen LogP contribution is -1.96. The molecule has 0 aliphatic rings. The number of rotatable bonds is 1. The fourth-order valence-electron chi connectivity index (χ4n) is 1.48. The predicted octanol–water partition coefficient (Wildman–Crippen LogP) is 2.98. The van der Waals surface area contributed by atoms with Crippen molar-refractivity contribution in [3.05, 3.63) is 35.9 Å². The lowest BCUT2D eigenvalue weighted by atomic mass is 10.0. The highest BCUT2D eigenvalue weighted by molar-refractivity contribution is 6.01. The number of carbonyl (C=O) groups is 1. The predicted molar refractivity (Wildman–Crippen MR) is 65.6 cm³/mol. The van der Waals surface area contributed by atoms with Crippen molar-refractivity contribution in [2.45, 2.75) is 13.8 Å². The molecule has 0 aliphatic heterocycles. The summed E-state index contributed by atoms with van der Waals surface area (Å²) in [5.74, 6) is -2.26. The zero-order chi connectivity index (χ0) is 13.0. The van der Waals surface area contributed by atoms with Gasteiger partial charge in [0.1, 0.15) is 5.56 Å². The Balaban J connectivity index is 0.000000686. The first-order valence-electron chi connectivity index (χ1n) is 5.28. The maximum atomic E-state index is 10.7. The van der Waals surface area contributed by atoms with Crippen molar-refractivity contribution in [1.82, 2.24) is 0 Å². The average Bonchev–Trinajstić information content (AvgIpc) is 2.36. The first kappa shape index (κ1) is 12.8. The molecule has 17 heavy (non-hydrogen) atoms. The molecule has 0 saturated heterocycles. The molecule has 0 unspecified atom stereocenters. The van der Waals surface area contributed by atoms with Crippen LogP contribution in [0.4, 0.5) is 0 Å². The summed E-state index contributed by atoms with van der Waals surface area (Å²) in [7, 11) is 0. The molecule has 0 radical (unpaired) electrons. The van der Waals surface area contributed by atoms with Crippen LogP contribution in [0.15, 0.2) is 30.3 Å². The molecule has 0 heterocycles. The molecule has 3 N–H and O–H groups in total. The molecular formula is C13H14O4. The fourth-order valence-corrected chi connectivity index (χ4v) is 1.48. The van der Waals surface area contributed by atoms with Gasteiger partial charge in [0.2, 0.25) is 0 Å². The normalized spacial score (nSPS) is 9.53. The van der Waals surface area contributed by atoms with Gasteiger partial charge in [-0.3, -0.25) is 0 Å².